The summed E-state index contributed by atoms with van der Waals surface area (Å²) in [6.45, 7) is 6.02. The molecule has 0 saturated carbocycles. The van der Waals surface area contributed by atoms with Crippen molar-refractivity contribution in [2.24, 2.45) is 0 Å². The molecule has 1 aromatic heterocycles. The molecule has 6 nitrogen and oxygen atoms in total. The van der Waals surface area contributed by atoms with E-state index in [1.54, 1.807) is 30.3 Å². The van der Waals surface area contributed by atoms with Crippen molar-refractivity contribution in [3.63, 3.8) is 0 Å². The average Bonchev–Trinajstić information content (AvgIpc) is 2.73. The van der Waals surface area contributed by atoms with Crippen molar-refractivity contribution in [3.05, 3.63) is 24.1 Å². The summed E-state index contributed by atoms with van der Waals surface area (Å²) >= 11 is 0. The minimum Gasteiger partial charge on any atom is -0.370 e. The van der Waals surface area contributed by atoms with E-state index in [9.17, 15) is 10.2 Å². The second kappa shape index (κ2) is 4.29. The van der Waals surface area contributed by atoms with Gasteiger partial charge in [0.25, 0.3) is 0 Å². The molecule has 0 fully saturated rings. The van der Waals surface area contributed by atoms with Crippen LogP contribution in [0.5, 0.6) is 0 Å². The molecule has 0 saturated heterocycles. The van der Waals surface area contributed by atoms with Crippen LogP contribution in [0.3, 0.4) is 0 Å². The topological polar surface area (TPSA) is 73.0 Å². The maximum Gasteiger partial charge on any atom is 0.210 e. The van der Waals surface area contributed by atoms with Crippen molar-refractivity contribution in [3.8, 4) is 0 Å². The van der Waals surface area contributed by atoms with Gasteiger partial charge >= 0.3 is 0 Å². The van der Waals surface area contributed by atoms with Crippen LogP contribution in [0.4, 0.5) is 5.82 Å². The Morgan fingerprint density at radius 3 is 2.56 bits per heavy atom. The third kappa shape index (κ3) is 2.21. The normalized spacial score (nSPS) is 24.8. The molecule has 0 spiro atoms. The third-order valence-corrected chi connectivity index (χ3v) is 2.89. The van der Waals surface area contributed by atoms with Crippen LogP contribution in [0.15, 0.2) is 22.9 Å². The second-order valence-corrected chi connectivity index (χ2v) is 5.47. The molecule has 0 amide bonds. The van der Waals surface area contributed by atoms with E-state index in [0.717, 1.165) is 0 Å². The van der Waals surface area contributed by atoms with Gasteiger partial charge < -0.3 is 19.6 Å². The molecule has 2 atom stereocenters. The highest BCUT2D eigenvalue weighted by Crippen LogP contribution is 2.28. The zero-order chi connectivity index (χ0) is 13.5. The molecular weight excluding hydrogens is 234 g/mol. The lowest BCUT2D eigenvalue weighted by Gasteiger charge is -2.38. The number of anilines is 1. The number of rotatable bonds is 1. The lowest BCUT2D eigenvalue weighted by molar-refractivity contribution is 0.00789. The Labute approximate surface area is 106 Å². The molecule has 0 radical (unpaired) electrons. The highest BCUT2D eigenvalue weighted by molar-refractivity contribution is 5.42. The molecule has 2 N–H and O–H groups in total. The number of aromatic nitrogens is 1. The van der Waals surface area contributed by atoms with Gasteiger partial charge in [0.2, 0.25) is 6.35 Å². The van der Waals surface area contributed by atoms with Crippen LogP contribution >= 0.6 is 0 Å². The van der Waals surface area contributed by atoms with Crippen molar-refractivity contribution >= 4 is 5.82 Å². The predicted octanol–water partition coefficient (Wildman–Crippen LogP) is 0.832. The van der Waals surface area contributed by atoms with E-state index in [-0.39, 0.29) is 5.41 Å². The SMILES string of the molecule is CN1C=CC(O)N(c2cc(C(C)(C)C)on2)C1O. The van der Waals surface area contributed by atoms with E-state index in [1.807, 2.05) is 20.8 Å². The summed E-state index contributed by atoms with van der Waals surface area (Å²) in [5, 5.41) is 23.8. The van der Waals surface area contributed by atoms with Gasteiger partial charge in [-0.3, -0.25) is 4.90 Å². The van der Waals surface area contributed by atoms with Crippen molar-refractivity contribution in [2.75, 3.05) is 11.9 Å². The summed E-state index contributed by atoms with van der Waals surface area (Å²) in [6.07, 6.45) is 1.30. The molecule has 2 heterocycles. The minimum absolute atomic E-state index is 0.168. The molecule has 18 heavy (non-hydrogen) atoms. The Morgan fingerprint density at radius 1 is 1.33 bits per heavy atom. The van der Waals surface area contributed by atoms with E-state index < -0.39 is 12.6 Å². The van der Waals surface area contributed by atoms with Gasteiger partial charge in [-0.1, -0.05) is 25.9 Å². The zero-order valence-corrected chi connectivity index (χ0v) is 11.0. The molecule has 0 bridgehead atoms. The highest BCUT2D eigenvalue weighted by Gasteiger charge is 2.31. The van der Waals surface area contributed by atoms with Crippen molar-refractivity contribution in [1.29, 1.82) is 0 Å². The molecule has 0 aromatic carbocycles. The van der Waals surface area contributed by atoms with Crippen LogP contribution in [0.2, 0.25) is 0 Å². The molecule has 2 unspecified atom stereocenters. The Hall–Kier alpha value is -1.53. The van der Waals surface area contributed by atoms with Gasteiger partial charge in [-0.15, -0.1) is 0 Å². The van der Waals surface area contributed by atoms with Crippen LogP contribution in [-0.2, 0) is 5.41 Å². The minimum atomic E-state index is -0.970. The molecule has 0 aliphatic carbocycles. The first-order valence-corrected chi connectivity index (χ1v) is 5.82. The van der Waals surface area contributed by atoms with Gasteiger partial charge in [0.1, 0.15) is 5.76 Å². The fraction of sp³-hybridized carbons (Fsp3) is 0.583. The number of hydrogen-bond donors (Lipinski definition) is 2. The smallest absolute Gasteiger partial charge is 0.210 e. The summed E-state index contributed by atoms with van der Waals surface area (Å²) in [5.74, 6) is 1.12. The Morgan fingerprint density at radius 2 is 2.00 bits per heavy atom. The highest BCUT2D eigenvalue weighted by atomic mass is 16.5. The van der Waals surface area contributed by atoms with E-state index in [0.29, 0.717) is 11.6 Å². The van der Waals surface area contributed by atoms with Crippen molar-refractivity contribution in [2.45, 2.75) is 38.8 Å². The first kappa shape index (κ1) is 12.9. The van der Waals surface area contributed by atoms with Crippen LogP contribution < -0.4 is 4.90 Å². The summed E-state index contributed by atoms with van der Waals surface area (Å²) in [7, 11) is 1.71. The van der Waals surface area contributed by atoms with E-state index in [4.69, 9.17) is 4.52 Å². The number of nitrogens with zero attached hydrogens (tertiary/aromatic N) is 3. The fourth-order valence-corrected chi connectivity index (χ4v) is 1.71. The van der Waals surface area contributed by atoms with Crippen molar-refractivity contribution < 1.29 is 14.7 Å². The van der Waals surface area contributed by atoms with E-state index >= 15 is 0 Å². The van der Waals surface area contributed by atoms with Gasteiger partial charge in [-0.25, -0.2) is 0 Å². The summed E-state index contributed by atoms with van der Waals surface area (Å²) in [5.41, 5.74) is -0.168. The van der Waals surface area contributed by atoms with Gasteiger partial charge in [-0.05, 0) is 6.08 Å². The van der Waals surface area contributed by atoms with E-state index in [1.165, 1.54) is 4.90 Å². The third-order valence-electron chi connectivity index (χ3n) is 2.89. The Bertz CT molecular complexity index is 450. The summed E-state index contributed by atoms with van der Waals surface area (Å²) in [4.78, 5) is 2.94. The first-order chi connectivity index (χ1) is 8.30. The number of hydrogen-bond acceptors (Lipinski definition) is 6. The monoisotopic (exact) mass is 253 g/mol. The summed E-state index contributed by atoms with van der Waals surface area (Å²) < 4.78 is 5.26. The van der Waals surface area contributed by atoms with Gasteiger partial charge in [0, 0.05) is 24.7 Å². The number of aliphatic hydroxyl groups excluding tert-OH is 2. The zero-order valence-electron chi connectivity index (χ0n) is 11.0. The van der Waals surface area contributed by atoms with Crippen LogP contribution in [0.1, 0.15) is 26.5 Å². The number of aliphatic hydroxyl groups is 2. The van der Waals surface area contributed by atoms with Gasteiger partial charge in [-0.2, -0.15) is 0 Å². The molecule has 1 aliphatic rings. The summed E-state index contributed by atoms with van der Waals surface area (Å²) in [6, 6.07) is 1.74. The van der Waals surface area contributed by atoms with Gasteiger partial charge in [0.05, 0.1) is 0 Å². The van der Waals surface area contributed by atoms with Crippen LogP contribution in [0, 0.1) is 0 Å². The quantitative estimate of drug-likeness (QED) is 0.772. The molecule has 2 rings (SSSR count). The largest absolute Gasteiger partial charge is 0.370 e. The maximum atomic E-state index is 10.0. The predicted molar refractivity (Wildman–Crippen MR) is 66.6 cm³/mol. The maximum absolute atomic E-state index is 10.0. The standard InChI is InChI=1S/C12H19N3O3/c1-12(2,3)8-7-9(13-18-8)15-10(16)5-6-14(4)11(15)17/h5-7,10-11,16-17H,1-4H3. The molecule has 1 aliphatic heterocycles. The second-order valence-electron chi connectivity index (χ2n) is 5.47. The van der Waals surface area contributed by atoms with E-state index in [2.05, 4.69) is 5.16 Å². The fourth-order valence-electron chi connectivity index (χ4n) is 1.71. The molecule has 100 valence electrons. The van der Waals surface area contributed by atoms with Crippen LogP contribution in [-0.4, -0.2) is 39.9 Å². The van der Waals surface area contributed by atoms with Gasteiger partial charge in [0.15, 0.2) is 12.0 Å². The Kier molecular flexibility index (Phi) is 3.08. The molecule has 6 heteroatoms. The van der Waals surface area contributed by atoms with Crippen molar-refractivity contribution in [1.82, 2.24) is 10.1 Å². The average molecular weight is 253 g/mol. The first-order valence-electron chi connectivity index (χ1n) is 5.82. The molecular formula is C12H19N3O3. The molecule has 1 aromatic rings. The van der Waals surface area contributed by atoms with Crippen LogP contribution in [0.25, 0.3) is 0 Å². The lowest BCUT2D eigenvalue weighted by Crippen LogP contribution is -2.52. The Balaban J connectivity index is 2.31. The lowest BCUT2D eigenvalue weighted by atomic mass is 9.93.